The largest absolute Gasteiger partial charge is 0.378 e. The van der Waals surface area contributed by atoms with Crippen LogP contribution in [0.15, 0.2) is 42.5 Å². The second-order valence-electron chi connectivity index (χ2n) is 5.84. The van der Waals surface area contributed by atoms with Gasteiger partial charge in [-0.05, 0) is 49.2 Å². The molecule has 2 heteroatoms. The van der Waals surface area contributed by atoms with Crippen LogP contribution in [0.25, 0.3) is 0 Å². The molecule has 2 nitrogen and oxygen atoms in total. The fraction of sp³-hybridized carbons (Fsp3) is 0.368. The highest BCUT2D eigenvalue weighted by Crippen LogP contribution is 2.28. The van der Waals surface area contributed by atoms with E-state index in [1.807, 2.05) is 0 Å². The summed E-state index contributed by atoms with van der Waals surface area (Å²) in [5.74, 6) is 0. The molecule has 0 spiro atoms. The topological polar surface area (TPSA) is 15.3 Å². The number of nitrogens with one attached hydrogen (secondary N) is 1. The maximum absolute atomic E-state index is 3.63. The lowest BCUT2D eigenvalue weighted by molar-refractivity contribution is 0.627. The Labute approximate surface area is 128 Å². The highest BCUT2D eigenvalue weighted by molar-refractivity contribution is 5.50. The molecule has 21 heavy (non-hydrogen) atoms. The van der Waals surface area contributed by atoms with Crippen molar-refractivity contribution in [2.45, 2.75) is 26.8 Å². The van der Waals surface area contributed by atoms with Crippen LogP contribution in [-0.4, -0.2) is 20.6 Å². The van der Waals surface area contributed by atoms with Crippen LogP contribution in [-0.2, 0) is 0 Å². The molecule has 0 radical (unpaired) electrons. The Balaban J connectivity index is 2.48. The molecule has 0 aliphatic heterocycles. The second kappa shape index (κ2) is 6.77. The maximum atomic E-state index is 3.63. The van der Waals surface area contributed by atoms with E-state index in [-0.39, 0.29) is 6.04 Å². The molecule has 1 unspecified atom stereocenters. The summed E-state index contributed by atoms with van der Waals surface area (Å²) in [6.45, 7) is 7.45. The molecule has 0 aliphatic rings. The van der Waals surface area contributed by atoms with Gasteiger partial charge in [0.2, 0.25) is 0 Å². The molecule has 1 atom stereocenters. The van der Waals surface area contributed by atoms with Crippen LogP contribution in [0.1, 0.15) is 35.2 Å². The van der Waals surface area contributed by atoms with E-state index in [0.29, 0.717) is 0 Å². The minimum absolute atomic E-state index is 0.245. The molecule has 0 heterocycles. The standard InChI is InChI=1S/C19H26N2/c1-6-20-19(18-12-14(2)10-11-15(18)3)16-8-7-9-17(13-16)21(4)5/h7-13,19-20H,6H2,1-5H3. The molecule has 0 bridgehead atoms. The lowest BCUT2D eigenvalue weighted by Gasteiger charge is -2.23. The van der Waals surface area contributed by atoms with Crippen LogP contribution in [0.3, 0.4) is 0 Å². The Kier molecular flexibility index (Phi) is 5.03. The van der Waals surface area contributed by atoms with Gasteiger partial charge in [0.1, 0.15) is 0 Å². The summed E-state index contributed by atoms with van der Waals surface area (Å²) in [6.07, 6.45) is 0. The minimum atomic E-state index is 0.245. The zero-order chi connectivity index (χ0) is 15.4. The second-order valence-corrected chi connectivity index (χ2v) is 5.84. The molecule has 1 N–H and O–H groups in total. The first-order chi connectivity index (χ1) is 10.0. The van der Waals surface area contributed by atoms with E-state index < -0.39 is 0 Å². The van der Waals surface area contributed by atoms with Crippen LogP contribution >= 0.6 is 0 Å². The summed E-state index contributed by atoms with van der Waals surface area (Å²) in [5.41, 5.74) is 6.56. The van der Waals surface area contributed by atoms with Gasteiger partial charge in [0.15, 0.2) is 0 Å². The molecule has 0 fully saturated rings. The summed E-state index contributed by atoms with van der Waals surface area (Å²) in [7, 11) is 4.17. The van der Waals surface area contributed by atoms with E-state index in [2.05, 4.69) is 87.5 Å². The zero-order valence-electron chi connectivity index (χ0n) is 13.8. The Bertz CT molecular complexity index is 602. The van der Waals surface area contributed by atoms with Gasteiger partial charge in [0, 0.05) is 19.8 Å². The summed E-state index contributed by atoms with van der Waals surface area (Å²) in [6, 6.07) is 15.7. The zero-order valence-corrected chi connectivity index (χ0v) is 13.8. The van der Waals surface area contributed by atoms with Gasteiger partial charge in [0.25, 0.3) is 0 Å². The van der Waals surface area contributed by atoms with Gasteiger partial charge in [-0.2, -0.15) is 0 Å². The molecular formula is C19H26N2. The summed E-state index contributed by atoms with van der Waals surface area (Å²) >= 11 is 0. The van der Waals surface area contributed by atoms with Gasteiger partial charge in [0.05, 0.1) is 6.04 Å². The van der Waals surface area contributed by atoms with Gasteiger partial charge in [-0.1, -0.05) is 42.8 Å². The number of nitrogens with zero attached hydrogens (tertiary/aromatic N) is 1. The van der Waals surface area contributed by atoms with Crippen LogP contribution in [0.2, 0.25) is 0 Å². The highest BCUT2D eigenvalue weighted by atomic mass is 15.1. The van der Waals surface area contributed by atoms with Gasteiger partial charge in [-0.15, -0.1) is 0 Å². The molecule has 2 rings (SSSR count). The molecule has 0 saturated carbocycles. The highest BCUT2D eigenvalue weighted by Gasteiger charge is 2.16. The third kappa shape index (κ3) is 3.64. The van der Waals surface area contributed by atoms with E-state index in [9.17, 15) is 0 Å². The molecular weight excluding hydrogens is 256 g/mol. The molecule has 2 aromatic rings. The minimum Gasteiger partial charge on any atom is -0.378 e. The number of rotatable bonds is 5. The normalized spacial score (nSPS) is 12.2. The molecule has 2 aromatic carbocycles. The van der Waals surface area contributed by atoms with Crippen LogP contribution in [0, 0.1) is 13.8 Å². The molecule has 112 valence electrons. The third-order valence-electron chi connectivity index (χ3n) is 3.87. The average molecular weight is 282 g/mol. The Hall–Kier alpha value is -1.80. The van der Waals surface area contributed by atoms with Crippen molar-refractivity contribution < 1.29 is 0 Å². The summed E-state index contributed by atoms with van der Waals surface area (Å²) < 4.78 is 0. The fourth-order valence-corrected chi connectivity index (χ4v) is 2.66. The summed E-state index contributed by atoms with van der Waals surface area (Å²) in [4.78, 5) is 2.15. The van der Waals surface area contributed by atoms with Crippen LogP contribution < -0.4 is 10.2 Å². The number of hydrogen-bond acceptors (Lipinski definition) is 2. The lowest BCUT2D eigenvalue weighted by atomic mass is 9.93. The van der Waals surface area contributed by atoms with E-state index in [1.165, 1.54) is 27.9 Å². The molecule has 0 aromatic heterocycles. The van der Waals surface area contributed by atoms with Crippen LogP contribution in [0.5, 0.6) is 0 Å². The predicted octanol–water partition coefficient (Wildman–Crippen LogP) is 4.07. The monoisotopic (exact) mass is 282 g/mol. The third-order valence-corrected chi connectivity index (χ3v) is 3.87. The van der Waals surface area contributed by atoms with Crippen LogP contribution in [0.4, 0.5) is 5.69 Å². The van der Waals surface area contributed by atoms with Crippen molar-refractivity contribution >= 4 is 5.69 Å². The first-order valence-electron chi connectivity index (χ1n) is 7.60. The molecule has 0 aliphatic carbocycles. The quantitative estimate of drug-likeness (QED) is 0.889. The van der Waals surface area contributed by atoms with Crippen molar-refractivity contribution in [1.82, 2.24) is 5.32 Å². The van der Waals surface area contributed by atoms with Crippen molar-refractivity contribution in [2.75, 3.05) is 25.5 Å². The Morgan fingerprint density at radius 1 is 1.05 bits per heavy atom. The average Bonchev–Trinajstić information content (AvgIpc) is 2.47. The van der Waals surface area contributed by atoms with E-state index >= 15 is 0 Å². The van der Waals surface area contributed by atoms with E-state index in [1.54, 1.807) is 0 Å². The Morgan fingerprint density at radius 3 is 2.48 bits per heavy atom. The van der Waals surface area contributed by atoms with Gasteiger partial charge in [-0.25, -0.2) is 0 Å². The number of aryl methyl sites for hydroxylation is 2. The number of hydrogen-bond donors (Lipinski definition) is 1. The van der Waals surface area contributed by atoms with E-state index in [0.717, 1.165) is 6.54 Å². The first-order valence-corrected chi connectivity index (χ1v) is 7.60. The summed E-state index contributed by atoms with van der Waals surface area (Å²) in [5, 5.41) is 3.63. The smallest absolute Gasteiger partial charge is 0.0580 e. The van der Waals surface area contributed by atoms with Gasteiger partial charge < -0.3 is 10.2 Å². The van der Waals surface area contributed by atoms with Gasteiger partial charge >= 0.3 is 0 Å². The maximum Gasteiger partial charge on any atom is 0.0580 e. The van der Waals surface area contributed by atoms with Crippen molar-refractivity contribution in [3.63, 3.8) is 0 Å². The van der Waals surface area contributed by atoms with Crippen molar-refractivity contribution in [3.8, 4) is 0 Å². The first kappa shape index (κ1) is 15.6. The van der Waals surface area contributed by atoms with Crippen molar-refractivity contribution in [1.29, 1.82) is 0 Å². The fourth-order valence-electron chi connectivity index (χ4n) is 2.66. The lowest BCUT2D eigenvalue weighted by Crippen LogP contribution is -2.23. The molecule has 0 saturated heterocycles. The Morgan fingerprint density at radius 2 is 1.81 bits per heavy atom. The number of benzene rings is 2. The predicted molar refractivity (Wildman–Crippen MR) is 92.2 cm³/mol. The number of anilines is 1. The SMILES string of the molecule is CCNC(c1cccc(N(C)C)c1)c1cc(C)ccc1C. The van der Waals surface area contributed by atoms with Crippen molar-refractivity contribution in [3.05, 3.63) is 64.7 Å². The van der Waals surface area contributed by atoms with Crippen molar-refractivity contribution in [2.24, 2.45) is 0 Å². The molecule has 0 amide bonds. The van der Waals surface area contributed by atoms with Gasteiger partial charge in [-0.3, -0.25) is 0 Å². The van der Waals surface area contributed by atoms with E-state index in [4.69, 9.17) is 0 Å².